The van der Waals surface area contributed by atoms with Crippen LogP contribution in [0.5, 0.6) is 0 Å². The summed E-state index contributed by atoms with van der Waals surface area (Å²) in [5.41, 5.74) is 0. The van der Waals surface area contributed by atoms with Crippen LogP contribution in [-0.2, 0) is 4.74 Å². The van der Waals surface area contributed by atoms with Crippen molar-refractivity contribution in [1.82, 2.24) is 0 Å². The summed E-state index contributed by atoms with van der Waals surface area (Å²) < 4.78 is 6.24. The van der Waals surface area contributed by atoms with E-state index in [0.717, 1.165) is 36.2 Å². The Morgan fingerprint density at radius 1 is 0.680 bits per heavy atom. The predicted molar refractivity (Wildman–Crippen MR) is 108 cm³/mol. The molecule has 0 radical (unpaired) electrons. The van der Waals surface area contributed by atoms with Crippen molar-refractivity contribution in [3.05, 3.63) is 0 Å². The lowest BCUT2D eigenvalue weighted by molar-refractivity contribution is -0.0539. The third-order valence-electron chi connectivity index (χ3n) is 7.92. The summed E-state index contributed by atoms with van der Waals surface area (Å²) in [6, 6.07) is 0. The maximum absolute atomic E-state index is 6.24. The van der Waals surface area contributed by atoms with Crippen LogP contribution in [-0.4, -0.2) is 12.7 Å². The van der Waals surface area contributed by atoms with E-state index in [1.807, 2.05) is 0 Å². The molecule has 0 amide bonds. The first-order chi connectivity index (χ1) is 12.3. The van der Waals surface area contributed by atoms with E-state index >= 15 is 0 Å². The van der Waals surface area contributed by atoms with Crippen molar-refractivity contribution >= 4 is 0 Å². The van der Waals surface area contributed by atoms with Gasteiger partial charge < -0.3 is 4.74 Å². The molecule has 0 spiro atoms. The molecule has 0 N–H and O–H groups in total. The summed E-state index contributed by atoms with van der Waals surface area (Å²) in [6.07, 6.45) is 22.3. The summed E-state index contributed by atoms with van der Waals surface area (Å²) in [4.78, 5) is 0. The minimum absolute atomic E-state index is 0.597. The molecule has 0 aromatic carbocycles. The van der Waals surface area contributed by atoms with E-state index in [0.29, 0.717) is 6.10 Å². The van der Waals surface area contributed by atoms with Crippen LogP contribution >= 0.6 is 0 Å². The molecule has 3 aliphatic carbocycles. The first-order valence-electron chi connectivity index (χ1n) is 11.9. The molecule has 3 aliphatic rings. The van der Waals surface area contributed by atoms with Crippen LogP contribution in [0, 0.1) is 29.6 Å². The van der Waals surface area contributed by atoms with E-state index in [4.69, 9.17) is 4.74 Å². The van der Waals surface area contributed by atoms with Gasteiger partial charge in [0.25, 0.3) is 0 Å². The Hall–Kier alpha value is -0.0400. The molecule has 25 heavy (non-hydrogen) atoms. The summed E-state index contributed by atoms with van der Waals surface area (Å²) >= 11 is 0. The lowest BCUT2D eigenvalue weighted by atomic mass is 9.56. The van der Waals surface area contributed by atoms with Gasteiger partial charge in [-0.15, -0.1) is 0 Å². The molecule has 3 rings (SSSR count). The largest absolute Gasteiger partial charge is 0.378 e. The van der Waals surface area contributed by atoms with Crippen molar-refractivity contribution in [3.63, 3.8) is 0 Å². The van der Waals surface area contributed by atoms with E-state index in [1.165, 1.54) is 70.6 Å². The fraction of sp³-hybridized carbons (Fsp3) is 1.00. The van der Waals surface area contributed by atoms with E-state index in [2.05, 4.69) is 13.8 Å². The SMILES string of the molecule is CCCCCO[C@H]1CCC2C(CCC3C[C@@H](CCCCC)CCC32)C1. The first kappa shape index (κ1) is 19.7. The van der Waals surface area contributed by atoms with Crippen molar-refractivity contribution < 1.29 is 4.74 Å². The van der Waals surface area contributed by atoms with Gasteiger partial charge in [-0.05, 0) is 81.0 Å². The van der Waals surface area contributed by atoms with Crippen molar-refractivity contribution in [1.29, 1.82) is 0 Å². The van der Waals surface area contributed by atoms with Gasteiger partial charge in [0.1, 0.15) is 0 Å². The number of fused-ring (bicyclic) bond motifs is 3. The van der Waals surface area contributed by atoms with Crippen LogP contribution < -0.4 is 0 Å². The molecule has 146 valence electrons. The average molecular weight is 349 g/mol. The second-order valence-electron chi connectivity index (χ2n) is 9.61. The first-order valence-corrected chi connectivity index (χ1v) is 11.9. The molecule has 0 saturated heterocycles. The number of hydrogen-bond donors (Lipinski definition) is 0. The fourth-order valence-electron chi connectivity index (χ4n) is 6.55. The summed E-state index contributed by atoms with van der Waals surface area (Å²) in [6.45, 7) is 5.63. The van der Waals surface area contributed by atoms with Crippen LogP contribution in [0.1, 0.15) is 110 Å². The summed E-state index contributed by atoms with van der Waals surface area (Å²) in [7, 11) is 0. The zero-order valence-corrected chi connectivity index (χ0v) is 17.2. The Morgan fingerprint density at radius 3 is 2.12 bits per heavy atom. The second-order valence-corrected chi connectivity index (χ2v) is 9.61. The highest BCUT2D eigenvalue weighted by Gasteiger charge is 2.44. The highest BCUT2D eigenvalue weighted by Crippen LogP contribution is 2.53. The third-order valence-corrected chi connectivity index (χ3v) is 7.92. The minimum atomic E-state index is 0.597. The molecule has 6 atom stereocenters. The van der Waals surface area contributed by atoms with Gasteiger partial charge in [0, 0.05) is 6.61 Å². The van der Waals surface area contributed by atoms with Crippen molar-refractivity contribution in [2.45, 2.75) is 116 Å². The highest BCUT2D eigenvalue weighted by molar-refractivity contribution is 4.94. The van der Waals surface area contributed by atoms with Gasteiger partial charge in [0.2, 0.25) is 0 Å². The van der Waals surface area contributed by atoms with Crippen LogP contribution in [0.3, 0.4) is 0 Å². The molecule has 3 fully saturated rings. The quantitative estimate of drug-likeness (QED) is 0.395. The molecule has 0 aliphatic heterocycles. The van der Waals surface area contributed by atoms with Gasteiger partial charge in [-0.2, -0.15) is 0 Å². The van der Waals surface area contributed by atoms with Gasteiger partial charge in [-0.3, -0.25) is 0 Å². The molecular weight excluding hydrogens is 304 g/mol. The zero-order valence-electron chi connectivity index (χ0n) is 17.2. The van der Waals surface area contributed by atoms with E-state index < -0.39 is 0 Å². The number of hydrogen-bond acceptors (Lipinski definition) is 1. The standard InChI is InChI=1S/C24H44O/c1-3-5-7-9-19-10-14-23-20(17-19)11-12-21-18-22(13-15-24(21)23)25-16-8-6-4-2/h19-24H,3-18H2,1-2H3/t19-,20?,21?,22-,23?,24?/m0/s1. The van der Waals surface area contributed by atoms with Gasteiger partial charge in [-0.1, -0.05) is 58.8 Å². The lowest BCUT2D eigenvalue weighted by Gasteiger charge is -2.50. The Kier molecular flexibility index (Phi) is 8.15. The third kappa shape index (κ3) is 5.47. The van der Waals surface area contributed by atoms with Gasteiger partial charge in [0.15, 0.2) is 0 Å². The van der Waals surface area contributed by atoms with Gasteiger partial charge in [0.05, 0.1) is 6.10 Å². The van der Waals surface area contributed by atoms with E-state index in [9.17, 15) is 0 Å². The molecule has 0 aromatic heterocycles. The van der Waals surface area contributed by atoms with Crippen LogP contribution in [0.15, 0.2) is 0 Å². The summed E-state index contributed by atoms with van der Waals surface area (Å²) in [5.74, 6) is 5.31. The van der Waals surface area contributed by atoms with Gasteiger partial charge in [-0.25, -0.2) is 0 Å². The molecule has 0 bridgehead atoms. The van der Waals surface area contributed by atoms with Crippen molar-refractivity contribution in [2.75, 3.05) is 6.61 Å². The van der Waals surface area contributed by atoms with Crippen molar-refractivity contribution in [2.24, 2.45) is 29.6 Å². The predicted octanol–water partition coefficient (Wildman–Crippen LogP) is 7.38. The number of unbranched alkanes of at least 4 members (excludes halogenated alkanes) is 4. The Morgan fingerprint density at radius 2 is 1.36 bits per heavy atom. The minimum Gasteiger partial charge on any atom is -0.378 e. The molecule has 4 unspecified atom stereocenters. The lowest BCUT2D eigenvalue weighted by Crippen LogP contribution is -2.42. The Labute approximate surface area is 157 Å². The number of ether oxygens (including phenoxy) is 1. The molecule has 1 nitrogen and oxygen atoms in total. The molecule has 3 saturated carbocycles. The fourth-order valence-corrected chi connectivity index (χ4v) is 6.55. The van der Waals surface area contributed by atoms with Gasteiger partial charge >= 0.3 is 0 Å². The highest BCUT2D eigenvalue weighted by atomic mass is 16.5. The Balaban J connectivity index is 1.42. The van der Waals surface area contributed by atoms with Crippen LogP contribution in [0.2, 0.25) is 0 Å². The van der Waals surface area contributed by atoms with Crippen molar-refractivity contribution in [3.8, 4) is 0 Å². The van der Waals surface area contributed by atoms with Crippen LogP contribution in [0.25, 0.3) is 0 Å². The van der Waals surface area contributed by atoms with E-state index in [1.54, 1.807) is 25.7 Å². The van der Waals surface area contributed by atoms with E-state index in [-0.39, 0.29) is 0 Å². The maximum atomic E-state index is 6.24. The maximum Gasteiger partial charge on any atom is 0.0578 e. The second kappa shape index (κ2) is 10.3. The Bertz CT molecular complexity index is 365. The van der Waals surface area contributed by atoms with Crippen LogP contribution in [0.4, 0.5) is 0 Å². The monoisotopic (exact) mass is 348 g/mol. The summed E-state index contributed by atoms with van der Waals surface area (Å²) in [5, 5.41) is 0. The smallest absolute Gasteiger partial charge is 0.0578 e. The average Bonchev–Trinajstić information content (AvgIpc) is 2.65. The number of rotatable bonds is 9. The molecular formula is C24H44O. The zero-order chi connectivity index (χ0) is 17.5. The molecule has 1 heteroatoms. The molecule has 0 aromatic rings. The molecule has 0 heterocycles. The normalized spacial score (nSPS) is 38.2. The topological polar surface area (TPSA) is 9.23 Å².